The zero-order valence-electron chi connectivity index (χ0n) is 7.89. The smallest absolute Gasteiger partial charge is 0.272 e. The zero-order chi connectivity index (χ0) is 9.47. The Bertz CT molecular complexity index is 186. The molecule has 0 spiro atoms. The van der Waals surface area contributed by atoms with Crippen LogP contribution in [-0.2, 0) is 0 Å². The summed E-state index contributed by atoms with van der Waals surface area (Å²) in [5, 5.41) is 2.53. The monoisotopic (exact) mass is 190 g/mol. The largest absolute Gasteiger partial charge is 0.314 e. The first kappa shape index (κ1) is 9.34. The van der Waals surface area contributed by atoms with Gasteiger partial charge in [0.2, 0.25) is 0 Å². The average molecular weight is 190 g/mol. The van der Waals surface area contributed by atoms with E-state index in [2.05, 4.69) is 5.32 Å². The fraction of sp³-hybridized carbons (Fsp3) is 1.00. The minimum absolute atomic E-state index is 0.0686. The molecule has 1 aliphatic carbocycles. The van der Waals surface area contributed by atoms with Crippen LogP contribution in [0.2, 0.25) is 0 Å². The predicted octanol–water partition coefficient (Wildman–Crippen LogP) is 0.793. The van der Waals surface area contributed by atoms with Crippen LogP contribution in [0.5, 0.6) is 0 Å². The number of piperidine rings is 1. The van der Waals surface area contributed by atoms with Gasteiger partial charge < -0.3 is 5.32 Å². The minimum Gasteiger partial charge on any atom is -0.314 e. The molecule has 1 N–H and O–H groups in total. The molecular formula is C9H16F2N2. The number of halogens is 2. The molecule has 0 amide bonds. The van der Waals surface area contributed by atoms with E-state index in [9.17, 15) is 8.78 Å². The van der Waals surface area contributed by atoms with Crippen LogP contribution < -0.4 is 5.32 Å². The lowest BCUT2D eigenvalue weighted by molar-refractivity contribution is -0.0262. The topological polar surface area (TPSA) is 15.3 Å². The van der Waals surface area contributed by atoms with Gasteiger partial charge >= 0.3 is 0 Å². The molecule has 2 aliphatic rings. The first-order chi connectivity index (χ1) is 6.11. The molecule has 13 heavy (non-hydrogen) atoms. The third-order valence-corrected chi connectivity index (χ3v) is 2.94. The average Bonchev–Trinajstić information content (AvgIpc) is 2.58. The molecule has 1 saturated heterocycles. The lowest BCUT2D eigenvalue weighted by Gasteiger charge is -2.24. The van der Waals surface area contributed by atoms with Gasteiger partial charge in [-0.05, 0) is 25.3 Å². The van der Waals surface area contributed by atoms with E-state index < -0.39 is 5.92 Å². The van der Waals surface area contributed by atoms with Gasteiger partial charge in [-0.15, -0.1) is 0 Å². The number of hydrogen-bond acceptors (Lipinski definition) is 2. The van der Waals surface area contributed by atoms with Gasteiger partial charge in [-0.3, -0.25) is 4.90 Å². The lowest BCUT2D eigenvalue weighted by Crippen LogP contribution is -2.42. The van der Waals surface area contributed by atoms with Crippen molar-refractivity contribution in [3.8, 4) is 0 Å². The summed E-state index contributed by atoms with van der Waals surface area (Å²) < 4.78 is 26.2. The molecule has 1 saturated carbocycles. The third-order valence-electron chi connectivity index (χ3n) is 2.94. The molecule has 0 aromatic heterocycles. The standard InChI is InChI=1S/C9H16F2N2/c1-12-5-9(10,11)6-13-3-7-2-8(7)4-13/h7-8,12H,2-6H2,1H3. The molecule has 1 heterocycles. The number of likely N-dealkylation sites (tertiary alicyclic amines) is 1. The van der Waals surface area contributed by atoms with Crippen molar-refractivity contribution in [1.29, 1.82) is 0 Å². The van der Waals surface area contributed by atoms with Gasteiger partial charge in [-0.2, -0.15) is 0 Å². The number of nitrogens with one attached hydrogen (secondary N) is 1. The summed E-state index contributed by atoms with van der Waals surface area (Å²) in [7, 11) is 1.56. The van der Waals surface area contributed by atoms with Gasteiger partial charge in [-0.1, -0.05) is 0 Å². The summed E-state index contributed by atoms with van der Waals surface area (Å²) in [5.74, 6) is -1.08. The Balaban J connectivity index is 1.76. The van der Waals surface area contributed by atoms with Crippen molar-refractivity contribution >= 4 is 0 Å². The second-order valence-electron chi connectivity index (χ2n) is 4.34. The van der Waals surface area contributed by atoms with Crippen molar-refractivity contribution < 1.29 is 8.78 Å². The highest BCUT2D eigenvalue weighted by molar-refractivity contribution is 4.97. The molecule has 2 rings (SSSR count). The third kappa shape index (κ3) is 2.17. The van der Waals surface area contributed by atoms with Crippen LogP contribution >= 0.6 is 0 Å². The van der Waals surface area contributed by atoms with Gasteiger partial charge in [0.05, 0.1) is 13.1 Å². The van der Waals surface area contributed by atoms with Crippen molar-refractivity contribution in [2.24, 2.45) is 11.8 Å². The fourth-order valence-electron chi connectivity index (χ4n) is 2.27. The maximum atomic E-state index is 13.1. The van der Waals surface area contributed by atoms with Gasteiger partial charge in [0.15, 0.2) is 0 Å². The predicted molar refractivity (Wildman–Crippen MR) is 46.9 cm³/mol. The summed E-state index contributed by atoms with van der Waals surface area (Å²) in [6.45, 7) is 1.51. The van der Waals surface area contributed by atoms with Crippen LogP contribution in [0.1, 0.15) is 6.42 Å². The summed E-state index contributed by atoms with van der Waals surface area (Å²) >= 11 is 0. The molecular weight excluding hydrogens is 174 g/mol. The summed E-state index contributed by atoms with van der Waals surface area (Å²) in [4.78, 5) is 1.90. The highest BCUT2D eigenvalue weighted by Gasteiger charge is 2.47. The van der Waals surface area contributed by atoms with Crippen molar-refractivity contribution in [2.75, 3.05) is 33.2 Å². The van der Waals surface area contributed by atoms with Crippen molar-refractivity contribution in [3.05, 3.63) is 0 Å². The van der Waals surface area contributed by atoms with E-state index in [1.165, 1.54) is 6.42 Å². The second-order valence-corrected chi connectivity index (χ2v) is 4.34. The Kier molecular flexibility index (Phi) is 2.28. The summed E-state index contributed by atoms with van der Waals surface area (Å²) in [6.07, 6.45) is 1.27. The summed E-state index contributed by atoms with van der Waals surface area (Å²) in [6, 6.07) is 0. The van der Waals surface area contributed by atoms with Crippen LogP contribution in [0.3, 0.4) is 0 Å². The van der Waals surface area contributed by atoms with E-state index in [4.69, 9.17) is 0 Å². The van der Waals surface area contributed by atoms with E-state index in [1.807, 2.05) is 4.90 Å². The number of alkyl halides is 2. The van der Waals surface area contributed by atoms with Crippen LogP contribution in [0.25, 0.3) is 0 Å². The Labute approximate surface area is 77.3 Å². The molecule has 2 unspecified atom stereocenters. The second kappa shape index (κ2) is 3.17. The Morgan fingerprint density at radius 2 is 2.00 bits per heavy atom. The highest BCUT2D eigenvalue weighted by atomic mass is 19.3. The fourth-order valence-corrected chi connectivity index (χ4v) is 2.27. The van der Waals surface area contributed by atoms with Gasteiger partial charge in [-0.25, -0.2) is 8.78 Å². The number of hydrogen-bond donors (Lipinski definition) is 1. The first-order valence-corrected chi connectivity index (χ1v) is 4.85. The van der Waals surface area contributed by atoms with Crippen molar-refractivity contribution in [2.45, 2.75) is 12.3 Å². The number of rotatable bonds is 4. The highest BCUT2D eigenvalue weighted by Crippen LogP contribution is 2.45. The maximum Gasteiger partial charge on any atom is 0.272 e. The van der Waals surface area contributed by atoms with Gasteiger partial charge in [0.1, 0.15) is 0 Å². The van der Waals surface area contributed by atoms with E-state index in [1.54, 1.807) is 7.05 Å². The van der Waals surface area contributed by atoms with E-state index in [0.717, 1.165) is 24.9 Å². The Morgan fingerprint density at radius 3 is 2.54 bits per heavy atom. The molecule has 0 aromatic carbocycles. The molecule has 2 fully saturated rings. The minimum atomic E-state index is -2.56. The molecule has 0 bridgehead atoms. The first-order valence-electron chi connectivity index (χ1n) is 4.85. The zero-order valence-corrected chi connectivity index (χ0v) is 7.89. The normalized spacial score (nSPS) is 33.5. The van der Waals surface area contributed by atoms with E-state index in [-0.39, 0.29) is 13.1 Å². The molecule has 2 nitrogen and oxygen atoms in total. The Hall–Kier alpha value is -0.220. The van der Waals surface area contributed by atoms with Crippen molar-refractivity contribution in [1.82, 2.24) is 10.2 Å². The van der Waals surface area contributed by atoms with Gasteiger partial charge in [0, 0.05) is 13.1 Å². The number of nitrogens with zero attached hydrogens (tertiary/aromatic N) is 1. The van der Waals surface area contributed by atoms with Crippen LogP contribution in [-0.4, -0.2) is 44.0 Å². The van der Waals surface area contributed by atoms with E-state index >= 15 is 0 Å². The van der Waals surface area contributed by atoms with Crippen LogP contribution in [0.15, 0.2) is 0 Å². The molecule has 2 atom stereocenters. The molecule has 76 valence electrons. The summed E-state index contributed by atoms with van der Waals surface area (Å²) in [5.41, 5.74) is 0. The molecule has 4 heteroatoms. The van der Waals surface area contributed by atoms with Gasteiger partial charge in [0.25, 0.3) is 5.92 Å². The molecule has 0 aromatic rings. The molecule has 1 aliphatic heterocycles. The van der Waals surface area contributed by atoms with Crippen LogP contribution in [0, 0.1) is 11.8 Å². The lowest BCUT2D eigenvalue weighted by atomic mass is 10.3. The Morgan fingerprint density at radius 1 is 1.38 bits per heavy atom. The SMILES string of the molecule is CNCC(F)(F)CN1CC2CC2C1. The number of fused-ring (bicyclic) bond motifs is 1. The quantitative estimate of drug-likeness (QED) is 0.705. The molecule has 0 radical (unpaired) electrons. The van der Waals surface area contributed by atoms with E-state index in [0.29, 0.717) is 0 Å². The van der Waals surface area contributed by atoms with Crippen molar-refractivity contribution in [3.63, 3.8) is 0 Å². The maximum absolute atomic E-state index is 13.1. The van der Waals surface area contributed by atoms with Crippen LogP contribution in [0.4, 0.5) is 8.78 Å².